The Hall–Kier alpha value is -2.60. The van der Waals surface area contributed by atoms with E-state index in [-0.39, 0.29) is 11.3 Å². The van der Waals surface area contributed by atoms with Crippen LogP contribution >= 0.6 is 12.2 Å². The lowest BCUT2D eigenvalue weighted by atomic mass is 9.88. The fourth-order valence-electron chi connectivity index (χ4n) is 3.51. The highest BCUT2D eigenvalue weighted by molar-refractivity contribution is 7.78. The molecule has 0 saturated heterocycles. The summed E-state index contributed by atoms with van der Waals surface area (Å²) in [5.74, 6) is 4.37. The minimum Gasteiger partial charge on any atom is -0.206 e. The molecule has 0 N–H and O–H groups in total. The molecular weight excluding hydrogens is 384 g/mol. The number of allylic oxidation sites excluding steroid dienone is 1. The molecule has 148 valence electrons. The predicted octanol–water partition coefficient (Wildman–Crippen LogP) is 7.40. The first kappa shape index (κ1) is 21.1. The number of hydrogen-bond donors (Lipinski definition) is 0. The van der Waals surface area contributed by atoms with Crippen LogP contribution in [0.1, 0.15) is 67.7 Å². The van der Waals surface area contributed by atoms with Gasteiger partial charge in [-0.1, -0.05) is 55.7 Å². The average Bonchev–Trinajstić information content (AvgIpc) is 2.72. The Bertz CT molecular complexity index is 1040. The van der Waals surface area contributed by atoms with Gasteiger partial charge in [0.15, 0.2) is 5.82 Å². The summed E-state index contributed by atoms with van der Waals surface area (Å²) in [4.78, 5) is 3.50. The Kier molecular flexibility index (Phi) is 7.47. The van der Waals surface area contributed by atoms with Crippen molar-refractivity contribution in [1.29, 1.82) is 0 Å². The zero-order chi connectivity index (χ0) is 20.6. The van der Waals surface area contributed by atoms with Crippen LogP contribution in [0, 0.1) is 23.5 Å². The second-order valence-electron chi connectivity index (χ2n) is 7.26. The lowest BCUT2D eigenvalue weighted by Gasteiger charge is -2.17. The fourth-order valence-corrected chi connectivity index (χ4v) is 3.61. The van der Waals surface area contributed by atoms with Crippen molar-refractivity contribution >= 4 is 29.1 Å². The first-order valence-corrected chi connectivity index (χ1v) is 10.4. The Labute approximate surface area is 176 Å². The van der Waals surface area contributed by atoms with Crippen LogP contribution in [-0.2, 0) is 6.42 Å². The number of isothiocyanates is 1. The van der Waals surface area contributed by atoms with Gasteiger partial charge in [-0.3, -0.25) is 0 Å². The number of rotatable bonds is 6. The van der Waals surface area contributed by atoms with E-state index in [1.807, 2.05) is 17.3 Å². The van der Waals surface area contributed by atoms with E-state index in [1.165, 1.54) is 48.8 Å². The van der Waals surface area contributed by atoms with Crippen LogP contribution < -0.4 is 0 Å². The molecule has 0 aromatic heterocycles. The zero-order valence-corrected chi connectivity index (χ0v) is 17.3. The Morgan fingerprint density at radius 1 is 1.00 bits per heavy atom. The van der Waals surface area contributed by atoms with E-state index in [2.05, 4.69) is 48.1 Å². The maximum atomic E-state index is 14.1. The maximum absolute atomic E-state index is 14.1. The standard InChI is InChI=1S/C25H23F2NS/c1-2-3-4-5-6-18-7-10-21-14-19(8-11-20(21)13-18)9-12-22-15-24(27)25(28-17-29)16-23(22)26/h8,11,13-16H,2-7,10H2,1H3. The summed E-state index contributed by atoms with van der Waals surface area (Å²) < 4.78 is 28.0. The molecule has 3 rings (SSSR count). The van der Waals surface area contributed by atoms with Crippen LogP contribution in [0.4, 0.5) is 14.5 Å². The van der Waals surface area contributed by atoms with E-state index in [1.54, 1.807) is 0 Å². The van der Waals surface area contributed by atoms with Gasteiger partial charge in [-0.05, 0) is 67.2 Å². The van der Waals surface area contributed by atoms with Crippen molar-refractivity contribution in [1.82, 2.24) is 0 Å². The molecule has 29 heavy (non-hydrogen) atoms. The molecule has 0 aliphatic heterocycles. The highest BCUT2D eigenvalue weighted by Crippen LogP contribution is 2.28. The summed E-state index contributed by atoms with van der Waals surface area (Å²) in [6.45, 7) is 2.23. The van der Waals surface area contributed by atoms with Crippen molar-refractivity contribution in [3.05, 3.63) is 69.8 Å². The predicted molar refractivity (Wildman–Crippen MR) is 119 cm³/mol. The topological polar surface area (TPSA) is 12.4 Å². The van der Waals surface area contributed by atoms with Crippen LogP contribution in [0.3, 0.4) is 0 Å². The van der Waals surface area contributed by atoms with Crippen molar-refractivity contribution in [3.8, 4) is 11.8 Å². The summed E-state index contributed by atoms with van der Waals surface area (Å²) in [5.41, 5.74) is 4.64. The molecule has 0 heterocycles. The minimum atomic E-state index is -0.671. The normalized spacial score (nSPS) is 12.3. The number of unbranched alkanes of at least 4 members (excludes halogenated alkanes) is 3. The number of fused-ring (bicyclic) bond motifs is 1. The molecular formula is C25H23F2NS. The van der Waals surface area contributed by atoms with Crippen molar-refractivity contribution in [2.75, 3.05) is 0 Å². The molecule has 1 aliphatic carbocycles. The second-order valence-corrected chi connectivity index (χ2v) is 7.45. The fraction of sp³-hybridized carbons (Fsp3) is 0.320. The molecule has 0 atom stereocenters. The third-order valence-electron chi connectivity index (χ3n) is 5.11. The highest BCUT2D eigenvalue weighted by Gasteiger charge is 2.11. The van der Waals surface area contributed by atoms with E-state index < -0.39 is 11.6 Å². The van der Waals surface area contributed by atoms with Crippen LogP contribution in [0.5, 0.6) is 0 Å². The molecule has 0 unspecified atom stereocenters. The molecule has 0 saturated carbocycles. The van der Waals surface area contributed by atoms with Gasteiger partial charge < -0.3 is 0 Å². The summed E-state index contributed by atoms with van der Waals surface area (Å²) >= 11 is 4.43. The van der Waals surface area contributed by atoms with E-state index in [9.17, 15) is 8.78 Å². The van der Waals surface area contributed by atoms with Crippen LogP contribution in [0.2, 0.25) is 0 Å². The van der Waals surface area contributed by atoms with Gasteiger partial charge in [0.25, 0.3) is 0 Å². The quantitative estimate of drug-likeness (QED) is 0.210. The lowest BCUT2D eigenvalue weighted by molar-refractivity contribution is 0.599. The summed E-state index contributed by atoms with van der Waals surface area (Å²) in [7, 11) is 0. The van der Waals surface area contributed by atoms with E-state index in [0.29, 0.717) is 0 Å². The summed E-state index contributed by atoms with van der Waals surface area (Å²) in [6, 6.07) is 8.07. The van der Waals surface area contributed by atoms with Crippen molar-refractivity contribution in [2.45, 2.75) is 51.9 Å². The molecule has 4 heteroatoms. The third kappa shape index (κ3) is 5.70. The van der Waals surface area contributed by atoms with Gasteiger partial charge in [0.05, 0.1) is 10.7 Å². The largest absolute Gasteiger partial charge is 0.206 e. The monoisotopic (exact) mass is 407 g/mol. The van der Waals surface area contributed by atoms with Gasteiger partial charge in [0.2, 0.25) is 0 Å². The first-order chi connectivity index (χ1) is 14.1. The van der Waals surface area contributed by atoms with E-state index in [4.69, 9.17) is 0 Å². The van der Waals surface area contributed by atoms with Crippen molar-refractivity contribution in [2.24, 2.45) is 4.99 Å². The molecule has 0 fully saturated rings. The molecule has 2 aromatic carbocycles. The van der Waals surface area contributed by atoms with Gasteiger partial charge in [0, 0.05) is 11.6 Å². The Morgan fingerprint density at radius 2 is 1.86 bits per heavy atom. The molecule has 0 amide bonds. The number of aliphatic imine (C=N–C) groups is 1. The second kappa shape index (κ2) is 10.3. The average molecular weight is 408 g/mol. The van der Waals surface area contributed by atoms with Crippen LogP contribution in [0.15, 0.2) is 40.9 Å². The first-order valence-electron chi connectivity index (χ1n) is 10.0. The van der Waals surface area contributed by atoms with E-state index >= 15 is 0 Å². The van der Waals surface area contributed by atoms with Gasteiger partial charge >= 0.3 is 0 Å². The lowest BCUT2D eigenvalue weighted by Crippen LogP contribution is -2.00. The van der Waals surface area contributed by atoms with Gasteiger partial charge in [-0.2, -0.15) is 4.99 Å². The molecule has 0 bridgehead atoms. The minimum absolute atomic E-state index is 0.00204. The Morgan fingerprint density at radius 3 is 2.66 bits per heavy atom. The number of benzene rings is 2. The zero-order valence-electron chi connectivity index (χ0n) is 16.5. The molecule has 0 radical (unpaired) electrons. The van der Waals surface area contributed by atoms with Crippen molar-refractivity contribution < 1.29 is 8.78 Å². The number of hydrogen-bond acceptors (Lipinski definition) is 2. The molecule has 1 aliphatic rings. The van der Waals surface area contributed by atoms with Crippen LogP contribution in [-0.4, -0.2) is 5.16 Å². The molecule has 2 aromatic rings. The number of halogens is 2. The number of thiocarbonyl (C=S) groups is 1. The Balaban J connectivity index is 1.75. The SMILES string of the molecule is CCCCCCC1=Cc2ccc(C#Cc3cc(F)c(N=C=S)cc3F)cc2CC1. The van der Waals surface area contributed by atoms with Crippen molar-refractivity contribution in [3.63, 3.8) is 0 Å². The highest BCUT2D eigenvalue weighted by atomic mass is 32.1. The summed E-state index contributed by atoms with van der Waals surface area (Å²) in [6.07, 6.45) is 10.7. The van der Waals surface area contributed by atoms with Gasteiger partial charge in [-0.25, -0.2) is 8.78 Å². The maximum Gasteiger partial charge on any atom is 0.151 e. The molecule has 1 nitrogen and oxygen atoms in total. The van der Waals surface area contributed by atoms with E-state index in [0.717, 1.165) is 30.5 Å². The third-order valence-corrected chi connectivity index (χ3v) is 5.20. The van der Waals surface area contributed by atoms with Gasteiger partial charge in [-0.15, -0.1) is 0 Å². The molecule has 0 spiro atoms. The van der Waals surface area contributed by atoms with Gasteiger partial charge in [0.1, 0.15) is 11.5 Å². The summed E-state index contributed by atoms with van der Waals surface area (Å²) in [5, 5.41) is 2.04. The smallest absolute Gasteiger partial charge is 0.151 e. The number of nitrogens with zero attached hydrogens (tertiary/aromatic N) is 1. The number of aryl methyl sites for hydroxylation is 1. The van der Waals surface area contributed by atoms with Crippen LogP contribution in [0.25, 0.3) is 6.08 Å².